The first-order valence-corrected chi connectivity index (χ1v) is 6.64. The fourth-order valence-electron chi connectivity index (χ4n) is 1.42. The molecule has 118 valence electrons. The van der Waals surface area contributed by atoms with Crippen molar-refractivity contribution in [3.8, 4) is 12.1 Å². The molecule has 0 saturated heterocycles. The standard InChI is InChI=1S/C14H20F3N3O/c1-10(2)12(4)21-20-11(3)7-13(8-18,9-19)5-6-14(15,16)17/h10,12H,5-7H2,1-4H3. The molecule has 1 atom stereocenters. The largest absolute Gasteiger partial charge is 0.393 e. The molecule has 7 heteroatoms. The zero-order chi connectivity index (χ0) is 16.7. The molecule has 0 N–H and O–H groups in total. The lowest BCUT2D eigenvalue weighted by Gasteiger charge is -2.19. The van der Waals surface area contributed by atoms with E-state index in [9.17, 15) is 13.2 Å². The molecule has 0 saturated carbocycles. The van der Waals surface area contributed by atoms with Gasteiger partial charge in [0.2, 0.25) is 0 Å². The molecule has 0 aliphatic heterocycles. The van der Waals surface area contributed by atoms with E-state index in [1.165, 1.54) is 6.92 Å². The van der Waals surface area contributed by atoms with Crippen molar-refractivity contribution in [3.63, 3.8) is 0 Å². The van der Waals surface area contributed by atoms with Gasteiger partial charge >= 0.3 is 6.18 Å². The Morgan fingerprint density at radius 3 is 2.05 bits per heavy atom. The van der Waals surface area contributed by atoms with E-state index in [1.54, 1.807) is 12.1 Å². The average Bonchev–Trinajstić information content (AvgIpc) is 2.39. The van der Waals surface area contributed by atoms with Crippen molar-refractivity contribution in [2.75, 3.05) is 0 Å². The lowest BCUT2D eigenvalue weighted by molar-refractivity contribution is -0.138. The predicted molar refractivity (Wildman–Crippen MR) is 72.1 cm³/mol. The highest BCUT2D eigenvalue weighted by Crippen LogP contribution is 2.33. The zero-order valence-corrected chi connectivity index (χ0v) is 12.7. The van der Waals surface area contributed by atoms with Crippen LogP contribution in [-0.4, -0.2) is 18.0 Å². The number of oxime groups is 1. The normalized spacial score (nSPS) is 14.5. The topological polar surface area (TPSA) is 69.2 Å². The number of hydrogen-bond donors (Lipinski definition) is 0. The summed E-state index contributed by atoms with van der Waals surface area (Å²) in [5, 5.41) is 21.9. The van der Waals surface area contributed by atoms with Crippen molar-refractivity contribution in [2.45, 2.75) is 59.2 Å². The van der Waals surface area contributed by atoms with Gasteiger partial charge < -0.3 is 4.84 Å². The van der Waals surface area contributed by atoms with Crippen LogP contribution in [0.4, 0.5) is 13.2 Å². The Balaban J connectivity index is 4.82. The van der Waals surface area contributed by atoms with Gasteiger partial charge in [-0.3, -0.25) is 0 Å². The molecule has 4 nitrogen and oxygen atoms in total. The minimum absolute atomic E-state index is 0.159. The Hall–Kier alpha value is -1.76. The summed E-state index contributed by atoms with van der Waals surface area (Å²) < 4.78 is 36.8. The summed E-state index contributed by atoms with van der Waals surface area (Å²) in [4.78, 5) is 5.19. The average molecular weight is 303 g/mol. The molecule has 0 aromatic carbocycles. The summed E-state index contributed by atoms with van der Waals surface area (Å²) in [6, 6.07) is 3.36. The third kappa shape index (κ3) is 7.55. The van der Waals surface area contributed by atoms with Crippen LogP contribution in [0.25, 0.3) is 0 Å². The number of hydrogen-bond acceptors (Lipinski definition) is 4. The predicted octanol–water partition coefficient (Wildman–Crippen LogP) is 4.19. The number of alkyl halides is 3. The van der Waals surface area contributed by atoms with Gasteiger partial charge in [0.15, 0.2) is 0 Å². The first-order valence-electron chi connectivity index (χ1n) is 6.64. The second kappa shape index (κ2) is 7.87. The van der Waals surface area contributed by atoms with Crippen molar-refractivity contribution < 1.29 is 18.0 Å². The van der Waals surface area contributed by atoms with Gasteiger partial charge in [-0.05, 0) is 26.2 Å². The first kappa shape index (κ1) is 19.2. The van der Waals surface area contributed by atoms with Crippen LogP contribution in [-0.2, 0) is 4.84 Å². The Labute approximate surface area is 123 Å². The van der Waals surface area contributed by atoms with E-state index in [-0.39, 0.29) is 18.4 Å². The van der Waals surface area contributed by atoms with Gasteiger partial charge in [0, 0.05) is 12.8 Å². The Bertz CT molecular complexity index is 430. The van der Waals surface area contributed by atoms with Crippen LogP contribution in [0.2, 0.25) is 0 Å². The lowest BCUT2D eigenvalue weighted by atomic mass is 9.81. The lowest BCUT2D eigenvalue weighted by Crippen LogP contribution is -2.23. The fraction of sp³-hybridized carbons (Fsp3) is 0.786. The van der Waals surface area contributed by atoms with E-state index in [0.717, 1.165) is 0 Å². The summed E-state index contributed by atoms with van der Waals surface area (Å²) in [6.45, 7) is 7.22. The van der Waals surface area contributed by atoms with Gasteiger partial charge in [-0.1, -0.05) is 19.0 Å². The maximum Gasteiger partial charge on any atom is 0.389 e. The van der Waals surface area contributed by atoms with E-state index in [2.05, 4.69) is 5.16 Å². The number of nitriles is 2. The second-order valence-corrected chi connectivity index (χ2v) is 5.48. The van der Waals surface area contributed by atoms with Gasteiger partial charge in [0.25, 0.3) is 0 Å². The third-order valence-electron chi connectivity index (χ3n) is 3.13. The molecule has 1 unspecified atom stereocenters. The maximum absolute atomic E-state index is 12.3. The third-order valence-corrected chi connectivity index (χ3v) is 3.13. The van der Waals surface area contributed by atoms with E-state index >= 15 is 0 Å². The fourth-order valence-corrected chi connectivity index (χ4v) is 1.42. The van der Waals surface area contributed by atoms with E-state index < -0.39 is 24.4 Å². The van der Waals surface area contributed by atoms with Crippen molar-refractivity contribution in [3.05, 3.63) is 0 Å². The van der Waals surface area contributed by atoms with Crippen LogP contribution in [0.3, 0.4) is 0 Å². The summed E-state index contributed by atoms with van der Waals surface area (Å²) >= 11 is 0. The van der Waals surface area contributed by atoms with Crippen LogP contribution in [0.15, 0.2) is 5.16 Å². The molecule has 21 heavy (non-hydrogen) atoms. The smallest absolute Gasteiger partial charge is 0.389 e. The molecule has 0 aliphatic rings. The number of rotatable bonds is 7. The molecule has 0 radical (unpaired) electrons. The summed E-state index contributed by atoms with van der Waals surface area (Å²) in [6.07, 6.45) is -6.47. The van der Waals surface area contributed by atoms with E-state index in [0.29, 0.717) is 5.71 Å². The Morgan fingerprint density at radius 2 is 1.67 bits per heavy atom. The summed E-state index contributed by atoms with van der Waals surface area (Å²) in [5.41, 5.74) is -1.40. The highest BCUT2D eigenvalue weighted by atomic mass is 19.4. The second-order valence-electron chi connectivity index (χ2n) is 5.48. The van der Waals surface area contributed by atoms with Crippen molar-refractivity contribution in [2.24, 2.45) is 16.5 Å². The minimum Gasteiger partial charge on any atom is -0.393 e. The van der Waals surface area contributed by atoms with Crippen molar-refractivity contribution in [1.82, 2.24) is 0 Å². The molecule has 0 aromatic heterocycles. The zero-order valence-electron chi connectivity index (χ0n) is 12.7. The van der Waals surface area contributed by atoms with Crippen LogP contribution in [0, 0.1) is 34.0 Å². The van der Waals surface area contributed by atoms with Gasteiger partial charge in [0.1, 0.15) is 11.5 Å². The Morgan fingerprint density at radius 1 is 1.14 bits per heavy atom. The van der Waals surface area contributed by atoms with E-state index in [1.807, 2.05) is 20.8 Å². The van der Waals surface area contributed by atoms with Gasteiger partial charge in [0.05, 0.1) is 17.9 Å². The van der Waals surface area contributed by atoms with Crippen LogP contribution >= 0.6 is 0 Å². The van der Waals surface area contributed by atoms with Gasteiger partial charge in [-0.25, -0.2) is 0 Å². The van der Waals surface area contributed by atoms with Crippen LogP contribution in [0.5, 0.6) is 0 Å². The SMILES string of the molecule is CC(CC(C#N)(C#N)CCC(F)(F)F)=NOC(C)C(C)C. The molecule has 0 spiro atoms. The highest BCUT2D eigenvalue weighted by molar-refractivity contribution is 5.82. The van der Waals surface area contributed by atoms with Crippen LogP contribution in [0.1, 0.15) is 47.0 Å². The number of nitrogens with zero attached hydrogens (tertiary/aromatic N) is 3. The maximum atomic E-state index is 12.3. The summed E-state index contributed by atoms with van der Waals surface area (Å²) in [5.74, 6) is 0.225. The summed E-state index contributed by atoms with van der Waals surface area (Å²) in [7, 11) is 0. The van der Waals surface area contributed by atoms with Gasteiger partial charge in [-0.2, -0.15) is 23.7 Å². The molecule has 0 aliphatic carbocycles. The van der Waals surface area contributed by atoms with Crippen molar-refractivity contribution >= 4 is 5.71 Å². The first-order chi connectivity index (χ1) is 9.55. The highest BCUT2D eigenvalue weighted by Gasteiger charge is 2.37. The molecule has 0 heterocycles. The molecule has 0 fully saturated rings. The van der Waals surface area contributed by atoms with Crippen molar-refractivity contribution in [1.29, 1.82) is 10.5 Å². The molecule has 0 amide bonds. The monoisotopic (exact) mass is 303 g/mol. The molecule has 0 aromatic rings. The van der Waals surface area contributed by atoms with Gasteiger partial charge in [-0.15, -0.1) is 0 Å². The quantitative estimate of drug-likeness (QED) is 0.523. The van der Waals surface area contributed by atoms with E-state index in [4.69, 9.17) is 15.4 Å². The Kier molecular flexibility index (Phi) is 7.21. The molecule has 0 bridgehead atoms. The molecular weight excluding hydrogens is 283 g/mol. The molecule has 0 rings (SSSR count). The van der Waals surface area contributed by atoms with Crippen LogP contribution < -0.4 is 0 Å². The minimum atomic E-state index is -4.40. The molecular formula is C14H20F3N3O. The number of halogens is 3.